The number of unbranched alkanes of at least 4 members (excludes halogenated alkanes) is 1. The molecule has 11 heavy (non-hydrogen) atoms. The molecule has 5 nitrogen and oxygen atoms in total. The summed E-state index contributed by atoms with van der Waals surface area (Å²) in [5.74, 6) is 0. The van der Waals surface area contributed by atoms with Crippen molar-refractivity contribution in [1.29, 1.82) is 0 Å². The molecule has 0 saturated carbocycles. The molecule has 0 rings (SSSR count). The van der Waals surface area contributed by atoms with Crippen molar-refractivity contribution in [3.63, 3.8) is 0 Å². The summed E-state index contributed by atoms with van der Waals surface area (Å²) in [7, 11) is 1.25. The molecule has 0 aliphatic heterocycles. The van der Waals surface area contributed by atoms with Crippen molar-refractivity contribution in [3.8, 4) is 0 Å². The molecular weight excluding hydrogens is 148 g/mol. The highest BCUT2D eigenvalue weighted by Crippen LogP contribution is 1.93. The maximum Gasteiger partial charge on any atom is 0.432 e. The van der Waals surface area contributed by atoms with Gasteiger partial charge in [0.15, 0.2) is 0 Å². The number of hydrogen-bond donors (Lipinski definition) is 0. The Kier molecular flexibility index (Phi) is 5.06. The van der Waals surface area contributed by atoms with Gasteiger partial charge >= 0.3 is 6.09 Å². The number of nitroso groups, excluding NO2 is 1. The molecule has 0 atom stereocenters. The molecule has 0 aromatic heterocycles. The molecule has 64 valence electrons. The van der Waals surface area contributed by atoms with Crippen molar-refractivity contribution in [2.45, 2.75) is 19.8 Å². The van der Waals surface area contributed by atoms with Crippen molar-refractivity contribution in [2.75, 3.05) is 13.7 Å². The van der Waals surface area contributed by atoms with E-state index in [-0.39, 0.29) is 0 Å². The monoisotopic (exact) mass is 160 g/mol. The van der Waals surface area contributed by atoms with Gasteiger partial charge in [0.05, 0.1) is 11.9 Å². The summed E-state index contributed by atoms with van der Waals surface area (Å²) < 4.78 is 4.63. The lowest BCUT2D eigenvalue weighted by atomic mass is 10.4. The van der Waals surface area contributed by atoms with Gasteiger partial charge in [0.1, 0.15) is 0 Å². The molecule has 0 saturated heterocycles. The summed E-state index contributed by atoms with van der Waals surface area (Å²) in [4.78, 5) is 20.4. The van der Waals surface area contributed by atoms with Crippen molar-refractivity contribution in [2.24, 2.45) is 5.29 Å². The van der Waals surface area contributed by atoms with Crippen LogP contribution in [0.5, 0.6) is 0 Å². The third-order valence-corrected chi connectivity index (χ3v) is 1.11. The van der Waals surface area contributed by atoms with Gasteiger partial charge < -0.3 is 4.74 Å². The summed E-state index contributed by atoms with van der Waals surface area (Å²) in [6, 6.07) is 0. The summed E-state index contributed by atoms with van der Waals surface area (Å²) >= 11 is 0. The van der Waals surface area contributed by atoms with Crippen molar-refractivity contribution >= 4 is 6.09 Å². The number of carbonyl (C=O) groups excluding carboxylic acids is 1. The van der Waals surface area contributed by atoms with E-state index in [1.165, 1.54) is 7.05 Å². The van der Waals surface area contributed by atoms with E-state index in [0.29, 0.717) is 11.6 Å². The molecule has 0 radical (unpaired) electrons. The first-order chi connectivity index (χ1) is 5.22. The van der Waals surface area contributed by atoms with E-state index in [1.54, 1.807) is 0 Å². The summed E-state index contributed by atoms with van der Waals surface area (Å²) in [6.07, 6.45) is 1.05. The zero-order chi connectivity index (χ0) is 8.69. The smallest absolute Gasteiger partial charge is 0.432 e. The van der Waals surface area contributed by atoms with Gasteiger partial charge in [0, 0.05) is 7.05 Å². The molecule has 0 aliphatic rings. The van der Waals surface area contributed by atoms with Crippen LogP contribution in [0.2, 0.25) is 0 Å². The van der Waals surface area contributed by atoms with E-state index < -0.39 is 6.09 Å². The molecule has 5 heteroatoms. The van der Waals surface area contributed by atoms with Crippen molar-refractivity contribution in [1.82, 2.24) is 5.01 Å². The van der Waals surface area contributed by atoms with Gasteiger partial charge in [-0.15, -0.1) is 4.91 Å². The van der Waals surface area contributed by atoms with Gasteiger partial charge in [0.25, 0.3) is 0 Å². The molecule has 0 unspecified atom stereocenters. The fourth-order valence-electron chi connectivity index (χ4n) is 0.431. The van der Waals surface area contributed by atoms with E-state index >= 15 is 0 Å². The van der Waals surface area contributed by atoms with Crippen LogP contribution in [-0.2, 0) is 4.74 Å². The van der Waals surface area contributed by atoms with Crippen molar-refractivity contribution in [3.05, 3.63) is 4.91 Å². The Bertz CT molecular complexity index is 138. The number of rotatable bonds is 4. The molecule has 0 N–H and O–H groups in total. The second-order valence-corrected chi connectivity index (χ2v) is 2.07. The fourth-order valence-corrected chi connectivity index (χ4v) is 0.431. The Labute approximate surface area is 65.3 Å². The summed E-state index contributed by atoms with van der Waals surface area (Å²) in [5, 5.41) is 3.00. The number of amides is 1. The van der Waals surface area contributed by atoms with Crippen LogP contribution >= 0.6 is 0 Å². The molecule has 0 heterocycles. The average Bonchev–Trinajstić information content (AvgIpc) is 2.03. The van der Waals surface area contributed by atoms with Gasteiger partial charge in [-0.25, -0.2) is 4.79 Å². The van der Waals surface area contributed by atoms with Crippen LogP contribution in [0.4, 0.5) is 4.79 Å². The SMILES string of the molecule is CCCCOC(=O)N(C)N=O. The third kappa shape index (κ3) is 4.30. The minimum Gasteiger partial charge on any atom is -0.448 e. The highest BCUT2D eigenvalue weighted by Gasteiger charge is 2.07. The summed E-state index contributed by atoms with van der Waals surface area (Å²) in [5.41, 5.74) is 0. The lowest BCUT2D eigenvalue weighted by Crippen LogP contribution is -2.21. The second kappa shape index (κ2) is 5.64. The standard InChI is InChI=1S/C6H12N2O3/c1-3-4-5-11-6(9)8(2)7-10/h3-5H2,1-2H3. The van der Waals surface area contributed by atoms with E-state index in [2.05, 4.69) is 10.0 Å². The Balaban J connectivity index is 3.44. The minimum atomic E-state index is -0.701. The van der Waals surface area contributed by atoms with Crippen LogP contribution in [0.25, 0.3) is 0 Å². The highest BCUT2D eigenvalue weighted by molar-refractivity contribution is 5.66. The Morgan fingerprint density at radius 1 is 1.64 bits per heavy atom. The van der Waals surface area contributed by atoms with Crippen LogP contribution < -0.4 is 0 Å². The number of carbonyl (C=O) groups is 1. The van der Waals surface area contributed by atoms with E-state index in [4.69, 9.17) is 0 Å². The van der Waals surface area contributed by atoms with Gasteiger partial charge in [-0.05, 0) is 6.42 Å². The molecule has 0 fully saturated rings. The Hall–Kier alpha value is -1.13. The molecular formula is C6H12N2O3. The number of nitrogens with zero attached hydrogens (tertiary/aromatic N) is 2. The van der Waals surface area contributed by atoms with Crippen LogP contribution in [0.15, 0.2) is 5.29 Å². The fraction of sp³-hybridized carbons (Fsp3) is 0.833. The topological polar surface area (TPSA) is 59.0 Å². The first-order valence-corrected chi connectivity index (χ1v) is 3.46. The second-order valence-electron chi connectivity index (χ2n) is 2.07. The maximum absolute atomic E-state index is 10.7. The van der Waals surface area contributed by atoms with E-state index in [1.807, 2.05) is 6.92 Å². The molecule has 0 aromatic rings. The zero-order valence-corrected chi connectivity index (χ0v) is 6.74. The quantitative estimate of drug-likeness (QED) is 0.356. The van der Waals surface area contributed by atoms with Gasteiger partial charge in [-0.1, -0.05) is 13.3 Å². The minimum absolute atomic E-state index is 0.342. The lowest BCUT2D eigenvalue weighted by Gasteiger charge is -2.06. The molecule has 0 bridgehead atoms. The van der Waals surface area contributed by atoms with Crippen LogP contribution in [-0.4, -0.2) is 24.8 Å². The van der Waals surface area contributed by atoms with E-state index in [9.17, 15) is 9.70 Å². The molecule has 1 amide bonds. The predicted octanol–water partition coefficient (Wildman–Crippen LogP) is 1.54. The average molecular weight is 160 g/mol. The lowest BCUT2D eigenvalue weighted by molar-refractivity contribution is 0.110. The normalized spacial score (nSPS) is 8.91. The largest absolute Gasteiger partial charge is 0.448 e. The van der Waals surface area contributed by atoms with Crippen LogP contribution in [0, 0.1) is 4.91 Å². The Morgan fingerprint density at radius 2 is 2.27 bits per heavy atom. The van der Waals surface area contributed by atoms with Gasteiger partial charge in [-0.3, -0.25) is 0 Å². The first kappa shape index (κ1) is 9.87. The van der Waals surface area contributed by atoms with Gasteiger partial charge in [0.2, 0.25) is 0 Å². The molecule has 0 spiro atoms. The van der Waals surface area contributed by atoms with Crippen molar-refractivity contribution < 1.29 is 9.53 Å². The molecule has 0 aliphatic carbocycles. The maximum atomic E-state index is 10.7. The zero-order valence-electron chi connectivity index (χ0n) is 6.74. The first-order valence-electron chi connectivity index (χ1n) is 3.46. The van der Waals surface area contributed by atoms with Crippen LogP contribution in [0.3, 0.4) is 0 Å². The third-order valence-electron chi connectivity index (χ3n) is 1.11. The Morgan fingerprint density at radius 3 is 2.73 bits per heavy atom. The van der Waals surface area contributed by atoms with Gasteiger partial charge in [-0.2, -0.15) is 5.01 Å². The van der Waals surface area contributed by atoms with Crippen LogP contribution in [0.1, 0.15) is 19.8 Å². The molecule has 0 aromatic carbocycles. The summed E-state index contributed by atoms with van der Waals surface area (Å²) in [6.45, 7) is 2.32. The number of hydrogen-bond acceptors (Lipinski definition) is 4. The van der Waals surface area contributed by atoms with E-state index in [0.717, 1.165) is 12.8 Å². The highest BCUT2D eigenvalue weighted by atomic mass is 16.6. The number of ether oxygens (including phenoxy) is 1. The predicted molar refractivity (Wildman–Crippen MR) is 39.8 cm³/mol.